The molecule has 1 aliphatic heterocycles. The first-order chi connectivity index (χ1) is 16.1. The van der Waals surface area contributed by atoms with E-state index in [4.69, 9.17) is 19.6 Å². The van der Waals surface area contributed by atoms with Gasteiger partial charge in [0.2, 0.25) is 0 Å². The number of benzene rings is 1. The summed E-state index contributed by atoms with van der Waals surface area (Å²) in [7, 11) is 3.32. The van der Waals surface area contributed by atoms with Gasteiger partial charge in [0, 0.05) is 24.9 Å². The number of fused-ring (bicyclic) bond motifs is 1. The van der Waals surface area contributed by atoms with Gasteiger partial charge in [-0.25, -0.2) is 19.6 Å². The average Bonchev–Trinajstić information content (AvgIpc) is 3.48. The SMILES string of the molecule is COc1ccc(C2CCCn3nc(C=Cc4cnc(-n5cnc(C)c5)c(OC)c4)nc32)cc1. The molecule has 0 fully saturated rings. The molecule has 3 aromatic heterocycles. The van der Waals surface area contributed by atoms with Gasteiger partial charge in [0.1, 0.15) is 17.9 Å². The zero-order valence-electron chi connectivity index (χ0n) is 19.0. The van der Waals surface area contributed by atoms with Crippen molar-refractivity contribution in [2.45, 2.75) is 32.2 Å². The second kappa shape index (κ2) is 8.90. The molecule has 0 saturated heterocycles. The summed E-state index contributed by atoms with van der Waals surface area (Å²) in [6, 6.07) is 10.2. The van der Waals surface area contributed by atoms with Crippen LogP contribution in [0.1, 0.15) is 47.2 Å². The molecule has 1 atom stereocenters. The quantitative estimate of drug-likeness (QED) is 0.443. The molecule has 1 aromatic carbocycles. The van der Waals surface area contributed by atoms with Crippen LogP contribution >= 0.6 is 0 Å². The van der Waals surface area contributed by atoms with Crippen LogP contribution in [0.3, 0.4) is 0 Å². The van der Waals surface area contributed by atoms with Crippen molar-refractivity contribution in [2.75, 3.05) is 14.2 Å². The number of hydrogen-bond acceptors (Lipinski definition) is 6. The maximum Gasteiger partial charge on any atom is 0.180 e. The maximum absolute atomic E-state index is 5.56. The summed E-state index contributed by atoms with van der Waals surface area (Å²) in [5, 5.41) is 4.72. The van der Waals surface area contributed by atoms with Gasteiger partial charge in [0.05, 0.1) is 19.9 Å². The summed E-state index contributed by atoms with van der Waals surface area (Å²) in [5.41, 5.74) is 3.07. The summed E-state index contributed by atoms with van der Waals surface area (Å²) >= 11 is 0. The van der Waals surface area contributed by atoms with Crippen LogP contribution in [-0.4, -0.2) is 43.5 Å². The molecule has 8 heteroatoms. The van der Waals surface area contributed by atoms with E-state index in [9.17, 15) is 0 Å². The second-order valence-corrected chi connectivity index (χ2v) is 8.07. The van der Waals surface area contributed by atoms with Gasteiger partial charge in [-0.3, -0.25) is 4.57 Å². The Kier molecular flexibility index (Phi) is 5.64. The van der Waals surface area contributed by atoms with Crippen LogP contribution in [0, 0.1) is 6.92 Å². The van der Waals surface area contributed by atoms with E-state index in [1.807, 2.05) is 52.7 Å². The number of hydrogen-bond donors (Lipinski definition) is 0. The molecule has 8 nitrogen and oxygen atoms in total. The molecular formula is C25H26N6O2. The van der Waals surface area contributed by atoms with Crippen LogP contribution < -0.4 is 9.47 Å². The number of rotatable bonds is 6. The van der Waals surface area contributed by atoms with E-state index in [1.54, 1.807) is 26.7 Å². The van der Waals surface area contributed by atoms with Crippen molar-refractivity contribution in [1.29, 1.82) is 0 Å². The lowest BCUT2D eigenvalue weighted by molar-refractivity contribution is 0.410. The molecule has 0 saturated carbocycles. The monoisotopic (exact) mass is 442 g/mol. The smallest absolute Gasteiger partial charge is 0.180 e. The van der Waals surface area contributed by atoms with Crippen LogP contribution in [0.15, 0.2) is 49.1 Å². The van der Waals surface area contributed by atoms with Gasteiger partial charge in [-0.2, -0.15) is 5.10 Å². The third kappa shape index (κ3) is 4.24. The molecule has 33 heavy (non-hydrogen) atoms. The van der Waals surface area contributed by atoms with E-state index in [2.05, 4.69) is 22.1 Å². The van der Waals surface area contributed by atoms with Gasteiger partial charge in [0.25, 0.3) is 0 Å². The molecule has 0 aliphatic carbocycles. The predicted octanol–water partition coefficient (Wildman–Crippen LogP) is 4.28. The minimum absolute atomic E-state index is 0.235. The van der Waals surface area contributed by atoms with Crippen LogP contribution in [-0.2, 0) is 6.54 Å². The predicted molar refractivity (Wildman–Crippen MR) is 126 cm³/mol. The molecule has 1 aliphatic rings. The molecular weight excluding hydrogens is 416 g/mol. The van der Waals surface area contributed by atoms with Crippen LogP contribution in [0.2, 0.25) is 0 Å². The molecule has 5 rings (SSSR count). The number of aryl methyl sites for hydroxylation is 2. The topological polar surface area (TPSA) is 79.9 Å². The highest BCUT2D eigenvalue weighted by molar-refractivity contribution is 5.67. The molecule has 0 radical (unpaired) electrons. The van der Waals surface area contributed by atoms with Gasteiger partial charge in [-0.05, 0) is 61.2 Å². The molecule has 4 heterocycles. The summed E-state index contributed by atoms with van der Waals surface area (Å²) in [4.78, 5) is 13.7. The first kappa shape index (κ1) is 20.9. The standard InChI is InChI=1S/C25H26N6O2/c1-17-15-30(16-27-17)25-22(33-3)13-18(14-26-25)6-11-23-28-24-21(5-4-12-31(24)29-23)19-7-9-20(32-2)10-8-19/h6-11,13-16,21H,4-5,12H2,1-3H3. The van der Waals surface area contributed by atoms with Crippen molar-refractivity contribution >= 4 is 12.2 Å². The summed E-state index contributed by atoms with van der Waals surface area (Å²) in [6.45, 7) is 2.83. The number of pyridine rings is 1. The van der Waals surface area contributed by atoms with Gasteiger partial charge in [0.15, 0.2) is 17.4 Å². The van der Waals surface area contributed by atoms with Crippen molar-refractivity contribution in [3.8, 4) is 17.3 Å². The second-order valence-electron chi connectivity index (χ2n) is 8.07. The number of nitrogens with zero attached hydrogens (tertiary/aromatic N) is 6. The minimum Gasteiger partial charge on any atom is -0.497 e. The van der Waals surface area contributed by atoms with Gasteiger partial charge in [-0.15, -0.1) is 0 Å². The molecule has 4 aromatic rings. The zero-order chi connectivity index (χ0) is 22.8. The van der Waals surface area contributed by atoms with Crippen LogP contribution in [0.5, 0.6) is 11.5 Å². The fourth-order valence-electron chi connectivity index (χ4n) is 4.19. The number of imidazole rings is 1. The molecule has 0 amide bonds. The van der Waals surface area contributed by atoms with Crippen molar-refractivity contribution in [3.05, 3.63) is 77.5 Å². The Morgan fingerprint density at radius 3 is 2.64 bits per heavy atom. The van der Waals surface area contributed by atoms with Crippen LogP contribution in [0.25, 0.3) is 18.0 Å². The normalized spacial score (nSPS) is 15.5. The van der Waals surface area contributed by atoms with Crippen molar-refractivity contribution in [3.63, 3.8) is 0 Å². The van der Waals surface area contributed by atoms with Crippen LogP contribution in [0.4, 0.5) is 0 Å². The maximum atomic E-state index is 5.56. The Bertz CT molecular complexity index is 1290. The molecule has 1 unspecified atom stereocenters. The van der Waals surface area contributed by atoms with E-state index in [-0.39, 0.29) is 5.92 Å². The fraction of sp³-hybridized carbons (Fsp3) is 0.280. The summed E-state index contributed by atoms with van der Waals surface area (Å²) in [6.07, 6.45) is 11.5. The average molecular weight is 443 g/mol. The van der Waals surface area contributed by atoms with E-state index in [1.165, 1.54) is 5.56 Å². The fourth-order valence-corrected chi connectivity index (χ4v) is 4.19. The van der Waals surface area contributed by atoms with Crippen molar-refractivity contribution in [2.24, 2.45) is 0 Å². The lowest BCUT2D eigenvalue weighted by atomic mass is 9.91. The Balaban J connectivity index is 1.39. The molecule has 168 valence electrons. The molecule has 0 spiro atoms. The highest BCUT2D eigenvalue weighted by atomic mass is 16.5. The van der Waals surface area contributed by atoms with Crippen molar-refractivity contribution < 1.29 is 9.47 Å². The first-order valence-electron chi connectivity index (χ1n) is 11.0. The van der Waals surface area contributed by atoms with Crippen molar-refractivity contribution in [1.82, 2.24) is 29.3 Å². The highest BCUT2D eigenvalue weighted by Gasteiger charge is 2.25. The largest absolute Gasteiger partial charge is 0.497 e. The van der Waals surface area contributed by atoms with Gasteiger partial charge in [-0.1, -0.05) is 12.1 Å². The number of aromatic nitrogens is 6. The molecule has 0 bridgehead atoms. The first-order valence-corrected chi connectivity index (χ1v) is 11.0. The third-order valence-electron chi connectivity index (χ3n) is 5.86. The highest BCUT2D eigenvalue weighted by Crippen LogP contribution is 2.33. The third-order valence-corrected chi connectivity index (χ3v) is 5.86. The van der Waals surface area contributed by atoms with E-state index < -0.39 is 0 Å². The Labute approximate surface area is 192 Å². The Hall–Kier alpha value is -3.94. The lowest BCUT2D eigenvalue weighted by Crippen LogP contribution is -2.17. The lowest BCUT2D eigenvalue weighted by Gasteiger charge is -2.22. The van der Waals surface area contributed by atoms with Gasteiger partial charge < -0.3 is 9.47 Å². The van der Waals surface area contributed by atoms with Gasteiger partial charge >= 0.3 is 0 Å². The zero-order valence-corrected chi connectivity index (χ0v) is 19.0. The van der Waals surface area contributed by atoms with E-state index in [0.717, 1.165) is 42.2 Å². The Morgan fingerprint density at radius 2 is 1.91 bits per heavy atom. The number of methoxy groups -OCH3 is 2. The number of ether oxygens (including phenoxy) is 2. The Morgan fingerprint density at radius 1 is 1.06 bits per heavy atom. The summed E-state index contributed by atoms with van der Waals surface area (Å²) < 4.78 is 14.7. The van der Waals surface area contributed by atoms with E-state index >= 15 is 0 Å². The molecule has 0 N–H and O–H groups in total. The summed E-state index contributed by atoms with van der Waals surface area (Å²) in [5.74, 6) is 4.17. The van der Waals surface area contributed by atoms with E-state index in [0.29, 0.717) is 17.4 Å². The minimum atomic E-state index is 0.235.